The Morgan fingerprint density at radius 2 is 2.37 bits per heavy atom. The van der Waals surface area contributed by atoms with Gasteiger partial charge in [-0.15, -0.1) is 0 Å². The number of hydrogen-bond acceptors (Lipinski definition) is 5. The average molecular weight is 279 g/mol. The molecule has 1 unspecified atom stereocenters. The van der Waals surface area contributed by atoms with Gasteiger partial charge in [-0.3, -0.25) is 4.79 Å². The SMILES string of the molecule is COCCC(C)NC(=O)c1ccc2nc(N)sc2c1. The number of rotatable bonds is 5. The lowest BCUT2D eigenvalue weighted by molar-refractivity contribution is 0.0930. The quantitative estimate of drug-likeness (QED) is 0.878. The lowest BCUT2D eigenvalue weighted by Crippen LogP contribution is -2.33. The molecule has 1 aromatic heterocycles. The van der Waals surface area contributed by atoms with Crippen LogP contribution < -0.4 is 11.1 Å². The van der Waals surface area contributed by atoms with Gasteiger partial charge in [-0.25, -0.2) is 4.98 Å². The van der Waals surface area contributed by atoms with Crippen molar-refractivity contribution < 1.29 is 9.53 Å². The fourth-order valence-electron chi connectivity index (χ4n) is 1.76. The normalized spacial score (nSPS) is 12.5. The standard InChI is InChI=1S/C13H17N3O2S/c1-8(5-6-18-2)15-12(17)9-3-4-10-11(7-9)19-13(14)16-10/h3-4,7-8H,5-6H2,1-2H3,(H2,14,16)(H,15,17). The number of fused-ring (bicyclic) bond motifs is 1. The number of nitrogens with two attached hydrogens (primary N) is 1. The van der Waals surface area contributed by atoms with E-state index in [1.807, 2.05) is 19.1 Å². The molecule has 0 saturated carbocycles. The molecule has 0 saturated heterocycles. The summed E-state index contributed by atoms with van der Waals surface area (Å²) >= 11 is 1.38. The number of amides is 1. The van der Waals surface area contributed by atoms with Crippen LogP contribution in [0.25, 0.3) is 10.2 Å². The summed E-state index contributed by atoms with van der Waals surface area (Å²) in [5.74, 6) is -0.0857. The number of anilines is 1. The highest BCUT2D eigenvalue weighted by atomic mass is 32.1. The van der Waals surface area contributed by atoms with Gasteiger partial charge in [0.1, 0.15) is 0 Å². The zero-order chi connectivity index (χ0) is 13.8. The van der Waals surface area contributed by atoms with Crippen molar-refractivity contribution in [1.29, 1.82) is 0 Å². The van der Waals surface area contributed by atoms with Gasteiger partial charge in [-0.2, -0.15) is 0 Å². The van der Waals surface area contributed by atoms with E-state index in [0.717, 1.165) is 16.6 Å². The van der Waals surface area contributed by atoms with E-state index in [1.54, 1.807) is 13.2 Å². The summed E-state index contributed by atoms with van der Waals surface area (Å²) < 4.78 is 5.91. The molecule has 1 heterocycles. The van der Waals surface area contributed by atoms with E-state index in [4.69, 9.17) is 10.5 Å². The Bertz CT molecular complexity index is 582. The topological polar surface area (TPSA) is 77.2 Å². The lowest BCUT2D eigenvalue weighted by atomic mass is 10.1. The van der Waals surface area contributed by atoms with Crippen molar-refractivity contribution in [3.05, 3.63) is 23.8 Å². The van der Waals surface area contributed by atoms with Crippen molar-refractivity contribution >= 4 is 32.6 Å². The molecule has 0 aliphatic rings. The average Bonchev–Trinajstić information content (AvgIpc) is 2.75. The molecule has 0 radical (unpaired) electrons. The summed E-state index contributed by atoms with van der Waals surface area (Å²) in [6.45, 7) is 2.59. The van der Waals surface area contributed by atoms with E-state index in [-0.39, 0.29) is 11.9 Å². The van der Waals surface area contributed by atoms with Gasteiger partial charge in [-0.1, -0.05) is 11.3 Å². The molecule has 5 nitrogen and oxygen atoms in total. The molecule has 1 atom stereocenters. The Morgan fingerprint density at radius 3 is 3.11 bits per heavy atom. The molecule has 19 heavy (non-hydrogen) atoms. The van der Waals surface area contributed by atoms with Crippen LogP contribution in [0.1, 0.15) is 23.7 Å². The molecule has 2 rings (SSSR count). The van der Waals surface area contributed by atoms with Crippen molar-refractivity contribution in [2.24, 2.45) is 0 Å². The molecule has 6 heteroatoms. The van der Waals surface area contributed by atoms with Crippen molar-refractivity contribution in [3.8, 4) is 0 Å². The van der Waals surface area contributed by atoms with E-state index < -0.39 is 0 Å². The van der Waals surface area contributed by atoms with Gasteiger partial charge in [0.05, 0.1) is 10.2 Å². The Labute approximate surface area is 115 Å². The Hall–Kier alpha value is -1.66. The first kappa shape index (κ1) is 13.8. The maximum atomic E-state index is 12.1. The highest BCUT2D eigenvalue weighted by Gasteiger charge is 2.11. The minimum Gasteiger partial charge on any atom is -0.385 e. The van der Waals surface area contributed by atoms with Crippen molar-refractivity contribution in [1.82, 2.24) is 10.3 Å². The summed E-state index contributed by atoms with van der Waals surface area (Å²) in [6, 6.07) is 5.48. The molecule has 1 amide bonds. The number of nitrogen functional groups attached to an aromatic ring is 1. The smallest absolute Gasteiger partial charge is 0.251 e. The number of hydrogen-bond donors (Lipinski definition) is 2. The van der Waals surface area contributed by atoms with Gasteiger partial charge in [0.15, 0.2) is 5.13 Å². The fraction of sp³-hybridized carbons (Fsp3) is 0.385. The molecule has 0 fully saturated rings. The maximum absolute atomic E-state index is 12.1. The zero-order valence-electron chi connectivity index (χ0n) is 11.0. The number of thiazole rings is 1. The van der Waals surface area contributed by atoms with E-state index in [2.05, 4.69) is 10.3 Å². The minimum absolute atomic E-state index is 0.0784. The van der Waals surface area contributed by atoms with Crippen LogP contribution in [0.4, 0.5) is 5.13 Å². The summed E-state index contributed by atoms with van der Waals surface area (Å²) in [5.41, 5.74) is 7.10. The van der Waals surface area contributed by atoms with Gasteiger partial charge in [0.25, 0.3) is 5.91 Å². The molecule has 2 aromatic rings. The Morgan fingerprint density at radius 1 is 1.58 bits per heavy atom. The van der Waals surface area contributed by atoms with Gasteiger partial charge in [0.2, 0.25) is 0 Å². The molecule has 0 aliphatic carbocycles. The van der Waals surface area contributed by atoms with E-state index in [9.17, 15) is 4.79 Å². The third kappa shape index (κ3) is 3.42. The second-order valence-electron chi connectivity index (χ2n) is 4.39. The van der Waals surface area contributed by atoms with Crippen LogP contribution in [0.3, 0.4) is 0 Å². The van der Waals surface area contributed by atoms with Gasteiger partial charge >= 0.3 is 0 Å². The Balaban J connectivity index is 2.08. The van der Waals surface area contributed by atoms with Gasteiger partial charge in [0, 0.05) is 25.3 Å². The second kappa shape index (κ2) is 5.99. The highest BCUT2D eigenvalue weighted by Crippen LogP contribution is 2.24. The number of carbonyl (C=O) groups is 1. The molecule has 3 N–H and O–H groups in total. The number of methoxy groups -OCH3 is 1. The minimum atomic E-state index is -0.0857. The first-order chi connectivity index (χ1) is 9.10. The molecular formula is C13H17N3O2S. The van der Waals surface area contributed by atoms with Crippen LogP contribution in [0, 0.1) is 0 Å². The van der Waals surface area contributed by atoms with Crippen LogP contribution in [-0.2, 0) is 4.74 Å². The zero-order valence-corrected chi connectivity index (χ0v) is 11.8. The summed E-state index contributed by atoms with van der Waals surface area (Å²) in [6.07, 6.45) is 0.790. The van der Waals surface area contributed by atoms with Crippen LogP contribution in [0.15, 0.2) is 18.2 Å². The van der Waals surface area contributed by atoms with Crippen molar-refractivity contribution in [2.45, 2.75) is 19.4 Å². The van der Waals surface area contributed by atoms with Crippen LogP contribution >= 0.6 is 11.3 Å². The number of carbonyl (C=O) groups excluding carboxylic acids is 1. The second-order valence-corrected chi connectivity index (χ2v) is 5.45. The van der Waals surface area contributed by atoms with E-state index in [1.165, 1.54) is 11.3 Å². The Kier molecular flexibility index (Phi) is 4.34. The third-order valence-corrected chi connectivity index (χ3v) is 3.65. The number of nitrogens with one attached hydrogen (secondary N) is 1. The summed E-state index contributed by atoms with van der Waals surface area (Å²) in [5, 5.41) is 3.45. The van der Waals surface area contributed by atoms with Gasteiger partial charge in [-0.05, 0) is 31.5 Å². The number of aromatic nitrogens is 1. The predicted molar refractivity (Wildman–Crippen MR) is 77.5 cm³/mol. The maximum Gasteiger partial charge on any atom is 0.251 e. The van der Waals surface area contributed by atoms with Crippen molar-refractivity contribution in [3.63, 3.8) is 0 Å². The third-order valence-electron chi connectivity index (χ3n) is 2.80. The largest absolute Gasteiger partial charge is 0.385 e. The van der Waals surface area contributed by atoms with Crippen LogP contribution in [-0.4, -0.2) is 30.6 Å². The first-order valence-corrected chi connectivity index (χ1v) is 6.87. The molecule has 0 spiro atoms. The number of ether oxygens (including phenoxy) is 1. The molecule has 0 aliphatic heterocycles. The van der Waals surface area contributed by atoms with Gasteiger partial charge < -0.3 is 15.8 Å². The predicted octanol–water partition coefficient (Wildman–Crippen LogP) is 2.03. The summed E-state index contributed by atoms with van der Waals surface area (Å²) in [7, 11) is 1.65. The molecular weight excluding hydrogens is 262 g/mol. The van der Waals surface area contributed by atoms with Crippen LogP contribution in [0.5, 0.6) is 0 Å². The van der Waals surface area contributed by atoms with Crippen LogP contribution in [0.2, 0.25) is 0 Å². The first-order valence-electron chi connectivity index (χ1n) is 6.06. The monoisotopic (exact) mass is 279 g/mol. The molecule has 0 bridgehead atoms. The number of benzene rings is 1. The molecule has 1 aromatic carbocycles. The van der Waals surface area contributed by atoms with E-state index in [0.29, 0.717) is 17.3 Å². The highest BCUT2D eigenvalue weighted by molar-refractivity contribution is 7.22. The van der Waals surface area contributed by atoms with Crippen molar-refractivity contribution in [2.75, 3.05) is 19.5 Å². The van der Waals surface area contributed by atoms with E-state index >= 15 is 0 Å². The summed E-state index contributed by atoms with van der Waals surface area (Å²) in [4.78, 5) is 16.2. The fourth-order valence-corrected chi connectivity index (χ4v) is 2.53. The number of nitrogens with zero attached hydrogens (tertiary/aromatic N) is 1. The molecule has 102 valence electrons. The lowest BCUT2D eigenvalue weighted by Gasteiger charge is -2.13.